The van der Waals surface area contributed by atoms with Crippen LogP contribution in [0.15, 0.2) is 24.4 Å². The molecule has 2 aromatic rings. The van der Waals surface area contributed by atoms with E-state index in [1.807, 2.05) is 0 Å². The van der Waals surface area contributed by atoms with Gasteiger partial charge in [-0.25, -0.2) is 4.39 Å². The number of ether oxygens (including phenoxy) is 1. The van der Waals surface area contributed by atoms with Gasteiger partial charge in [0, 0.05) is 12.6 Å². The van der Waals surface area contributed by atoms with Crippen LogP contribution >= 0.6 is 0 Å². The number of aliphatic hydroxyl groups is 1. The van der Waals surface area contributed by atoms with Crippen LogP contribution in [0.5, 0.6) is 5.75 Å². The fourth-order valence-electron chi connectivity index (χ4n) is 2.81. The number of nitrogens with zero attached hydrogens (tertiary/aromatic N) is 3. The molecule has 8 heteroatoms. The van der Waals surface area contributed by atoms with E-state index in [9.17, 15) is 14.3 Å². The van der Waals surface area contributed by atoms with Gasteiger partial charge in [-0.1, -0.05) is 0 Å². The van der Waals surface area contributed by atoms with Gasteiger partial charge in [-0.15, -0.1) is 0 Å². The summed E-state index contributed by atoms with van der Waals surface area (Å²) in [7, 11) is 1.43. The number of piperidine rings is 1. The second-order valence-corrected chi connectivity index (χ2v) is 5.56. The van der Waals surface area contributed by atoms with Crippen molar-refractivity contribution in [3.05, 3.63) is 41.5 Å². The minimum absolute atomic E-state index is 0.0455. The van der Waals surface area contributed by atoms with Gasteiger partial charge in [0.25, 0.3) is 5.91 Å². The molecule has 23 heavy (non-hydrogen) atoms. The number of methoxy groups -OCH3 is 1. The molecular formula is C15H17FN4O3. The molecular weight excluding hydrogens is 303 g/mol. The Balaban J connectivity index is 1.82. The molecule has 1 fully saturated rings. The number of aromatic nitrogens is 3. The predicted molar refractivity (Wildman–Crippen MR) is 78.4 cm³/mol. The number of carbonyl (C=O) groups is 1. The Morgan fingerprint density at radius 1 is 1.52 bits per heavy atom. The molecule has 1 aromatic heterocycles. The molecule has 1 unspecified atom stereocenters. The fourth-order valence-corrected chi connectivity index (χ4v) is 2.81. The van der Waals surface area contributed by atoms with Crippen LogP contribution in [0.2, 0.25) is 0 Å². The minimum Gasteiger partial charge on any atom is -0.497 e. The summed E-state index contributed by atoms with van der Waals surface area (Å²) in [4.78, 5) is 14.0. The number of likely N-dealkylation sites (tertiary alicyclic amines) is 1. The summed E-state index contributed by atoms with van der Waals surface area (Å²) in [6.45, 7) is 0.494. The Morgan fingerprint density at radius 3 is 3.00 bits per heavy atom. The zero-order chi connectivity index (χ0) is 16.4. The fraction of sp³-hybridized carbons (Fsp3) is 0.400. The van der Waals surface area contributed by atoms with Gasteiger partial charge in [0.15, 0.2) is 0 Å². The van der Waals surface area contributed by atoms with Gasteiger partial charge in [-0.2, -0.15) is 15.4 Å². The Bertz CT molecular complexity index is 707. The number of β-amino-alcohol motifs (C(OH)–C–C–N with tert-alkyl or cyclic N) is 1. The average Bonchev–Trinajstić information content (AvgIpc) is 3.09. The van der Waals surface area contributed by atoms with Crippen LogP contribution in [0.3, 0.4) is 0 Å². The van der Waals surface area contributed by atoms with E-state index in [0.29, 0.717) is 30.8 Å². The van der Waals surface area contributed by atoms with E-state index in [0.717, 1.165) is 0 Å². The van der Waals surface area contributed by atoms with E-state index in [-0.39, 0.29) is 12.1 Å². The number of amides is 1. The Hall–Kier alpha value is -2.48. The van der Waals surface area contributed by atoms with Gasteiger partial charge in [0.2, 0.25) is 0 Å². The van der Waals surface area contributed by atoms with Crippen LogP contribution in [-0.2, 0) is 5.60 Å². The first-order valence-corrected chi connectivity index (χ1v) is 7.25. The number of hydrogen-bond acceptors (Lipinski definition) is 5. The van der Waals surface area contributed by atoms with Crippen LogP contribution in [0.25, 0.3) is 0 Å². The molecule has 0 saturated carbocycles. The number of halogens is 1. The minimum atomic E-state index is -1.27. The van der Waals surface area contributed by atoms with Crippen molar-refractivity contribution in [1.82, 2.24) is 20.3 Å². The lowest BCUT2D eigenvalue weighted by molar-refractivity contribution is -0.0321. The van der Waals surface area contributed by atoms with Crippen molar-refractivity contribution < 1.29 is 19.0 Å². The van der Waals surface area contributed by atoms with Crippen molar-refractivity contribution in [1.29, 1.82) is 0 Å². The quantitative estimate of drug-likeness (QED) is 0.883. The second-order valence-electron chi connectivity index (χ2n) is 5.56. The lowest BCUT2D eigenvalue weighted by Crippen LogP contribution is -2.48. The molecule has 122 valence electrons. The van der Waals surface area contributed by atoms with Crippen molar-refractivity contribution in [2.45, 2.75) is 18.4 Å². The normalized spacial score (nSPS) is 21.3. The molecule has 0 radical (unpaired) electrons. The molecule has 1 aromatic carbocycles. The number of benzene rings is 1. The molecule has 3 rings (SSSR count). The zero-order valence-electron chi connectivity index (χ0n) is 12.6. The highest BCUT2D eigenvalue weighted by molar-refractivity contribution is 5.94. The molecule has 7 nitrogen and oxygen atoms in total. The van der Waals surface area contributed by atoms with Gasteiger partial charge in [-0.05, 0) is 25.0 Å². The maximum atomic E-state index is 14.1. The summed E-state index contributed by atoms with van der Waals surface area (Å²) < 4.78 is 19.0. The van der Waals surface area contributed by atoms with E-state index < -0.39 is 17.3 Å². The monoisotopic (exact) mass is 320 g/mol. The standard InChI is InChI=1S/C15H17FN4O3/c1-23-10-3-4-11(12(16)7-10)14(21)20-6-2-5-15(22,9-20)13-8-17-19-18-13/h3-4,7-8,22H,2,5-6,9H2,1H3,(H,17,18,19). The van der Waals surface area contributed by atoms with E-state index in [1.165, 1.54) is 36.4 Å². The third-order valence-electron chi connectivity index (χ3n) is 4.06. The third kappa shape index (κ3) is 2.89. The van der Waals surface area contributed by atoms with Crippen molar-refractivity contribution in [2.75, 3.05) is 20.2 Å². The maximum Gasteiger partial charge on any atom is 0.256 e. The van der Waals surface area contributed by atoms with Crippen molar-refractivity contribution in [3.8, 4) is 5.75 Å². The SMILES string of the molecule is COc1ccc(C(=O)N2CCCC(O)(c3cn[nH]n3)C2)c(F)c1. The number of aromatic amines is 1. The first kappa shape index (κ1) is 15.4. The summed E-state index contributed by atoms with van der Waals surface area (Å²) in [6, 6.07) is 4.09. The molecule has 2 heterocycles. The van der Waals surface area contributed by atoms with Crippen LogP contribution in [0, 0.1) is 5.82 Å². The highest BCUT2D eigenvalue weighted by Gasteiger charge is 2.39. The number of carbonyl (C=O) groups excluding carboxylic acids is 1. The number of nitrogens with one attached hydrogen (secondary N) is 1. The van der Waals surface area contributed by atoms with Gasteiger partial charge >= 0.3 is 0 Å². The Morgan fingerprint density at radius 2 is 2.35 bits per heavy atom. The summed E-state index contributed by atoms with van der Waals surface area (Å²) >= 11 is 0. The molecule has 0 bridgehead atoms. The average molecular weight is 320 g/mol. The number of rotatable bonds is 3. The first-order chi connectivity index (χ1) is 11.0. The second kappa shape index (κ2) is 5.96. The molecule has 1 aliphatic rings. The van der Waals surface area contributed by atoms with E-state index >= 15 is 0 Å². The highest BCUT2D eigenvalue weighted by Crippen LogP contribution is 2.31. The van der Waals surface area contributed by atoms with Gasteiger partial charge < -0.3 is 14.7 Å². The summed E-state index contributed by atoms with van der Waals surface area (Å²) in [5, 5.41) is 20.8. The van der Waals surface area contributed by atoms with Gasteiger partial charge in [-0.3, -0.25) is 4.79 Å². The Kier molecular flexibility index (Phi) is 3.99. The Labute approximate surface area is 132 Å². The van der Waals surface area contributed by atoms with Crippen molar-refractivity contribution in [2.24, 2.45) is 0 Å². The van der Waals surface area contributed by atoms with Crippen LogP contribution in [0.4, 0.5) is 4.39 Å². The largest absolute Gasteiger partial charge is 0.497 e. The molecule has 0 aliphatic carbocycles. The van der Waals surface area contributed by atoms with E-state index in [4.69, 9.17) is 4.74 Å². The smallest absolute Gasteiger partial charge is 0.256 e. The third-order valence-corrected chi connectivity index (χ3v) is 4.06. The molecule has 1 atom stereocenters. The lowest BCUT2D eigenvalue weighted by Gasteiger charge is -2.38. The maximum absolute atomic E-state index is 14.1. The summed E-state index contributed by atoms with van der Waals surface area (Å²) in [5.41, 5.74) is -0.940. The zero-order valence-corrected chi connectivity index (χ0v) is 12.6. The van der Waals surface area contributed by atoms with Gasteiger partial charge in [0.1, 0.15) is 22.9 Å². The molecule has 0 spiro atoms. The van der Waals surface area contributed by atoms with E-state index in [1.54, 1.807) is 0 Å². The lowest BCUT2D eigenvalue weighted by atomic mass is 9.89. The topological polar surface area (TPSA) is 91.3 Å². The van der Waals surface area contributed by atoms with Crippen molar-refractivity contribution in [3.63, 3.8) is 0 Å². The first-order valence-electron chi connectivity index (χ1n) is 7.25. The van der Waals surface area contributed by atoms with Gasteiger partial charge in [0.05, 0.1) is 25.4 Å². The van der Waals surface area contributed by atoms with Crippen LogP contribution < -0.4 is 4.74 Å². The molecule has 1 amide bonds. The highest BCUT2D eigenvalue weighted by atomic mass is 19.1. The molecule has 1 saturated heterocycles. The van der Waals surface area contributed by atoms with E-state index in [2.05, 4.69) is 15.4 Å². The number of hydrogen-bond donors (Lipinski definition) is 2. The molecule has 2 N–H and O–H groups in total. The molecule has 1 aliphatic heterocycles. The predicted octanol–water partition coefficient (Wildman–Crippen LogP) is 1.08. The van der Waals surface area contributed by atoms with Crippen LogP contribution in [-0.4, -0.2) is 51.5 Å². The number of H-pyrrole nitrogens is 1. The summed E-state index contributed by atoms with van der Waals surface area (Å²) in [6.07, 6.45) is 2.49. The van der Waals surface area contributed by atoms with Crippen molar-refractivity contribution >= 4 is 5.91 Å². The summed E-state index contributed by atoms with van der Waals surface area (Å²) in [5.74, 6) is -0.770. The van der Waals surface area contributed by atoms with Crippen LogP contribution in [0.1, 0.15) is 28.9 Å².